The summed E-state index contributed by atoms with van der Waals surface area (Å²) in [5, 5.41) is 10.1. The zero-order chi connectivity index (χ0) is 21.1. The number of fused-ring (bicyclic) bond motifs is 1. The van der Waals surface area contributed by atoms with Crippen LogP contribution < -0.4 is 5.32 Å². The highest BCUT2D eigenvalue weighted by Gasteiger charge is 2.54. The second kappa shape index (κ2) is 6.82. The number of urea groups is 1. The molecule has 1 saturated carbocycles. The normalized spacial score (nSPS) is 28.6. The Morgan fingerprint density at radius 2 is 2.07 bits per heavy atom. The van der Waals surface area contributed by atoms with Crippen LogP contribution in [0.4, 0.5) is 18.0 Å². The molecular formula is C18H23F3N6O3. The van der Waals surface area contributed by atoms with E-state index in [1.54, 1.807) is 4.90 Å². The van der Waals surface area contributed by atoms with Gasteiger partial charge in [-0.05, 0) is 25.2 Å². The summed E-state index contributed by atoms with van der Waals surface area (Å²) < 4.78 is 43.4. The molecule has 164 valence electrons. The molecule has 5 rings (SSSR count). The van der Waals surface area contributed by atoms with E-state index in [1.807, 2.05) is 4.90 Å². The zero-order valence-electron chi connectivity index (χ0n) is 16.3. The largest absolute Gasteiger partial charge is 0.436 e. The number of rotatable bonds is 2. The number of hydrogen-bond donors (Lipinski definition) is 1. The molecule has 0 aromatic carbocycles. The lowest BCUT2D eigenvalue weighted by molar-refractivity contribution is -0.142. The first-order valence-electron chi connectivity index (χ1n) is 10.1. The van der Waals surface area contributed by atoms with Gasteiger partial charge in [0, 0.05) is 31.6 Å². The molecule has 1 aromatic heterocycles. The van der Waals surface area contributed by atoms with Gasteiger partial charge in [0.1, 0.15) is 6.61 Å². The second-order valence-electron chi connectivity index (χ2n) is 8.95. The van der Waals surface area contributed by atoms with Crippen LogP contribution in [-0.4, -0.2) is 81.7 Å². The van der Waals surface area contributed by atoms with Crippen LogP contribution in [0.25, 0.3) is 0 Å². The van der Waals surface area contributed by atoms with E-state index in [0.29, 0.717) is 39.1 Å². The summed E-state index contributed by atoms with van der Waals surface area (Å²) in [6.07, 6.45) is -1.34. The molecule has 1 aromatic rings. The van der Waals surface area contributed by atoms with Crippen molar-refractivity contribution < 1.29 is 27.5 Å². The van der Waals surface area contributed by atoms with Gasteiger partial charge in [-0.1, -0.05) is 0 Å². The van der Waals surface area contributed by atoms with Crippen molar-refractivity contribution in [1.29, 1.82) is 0 Å². The summed E-state index contributed by atoms with van der Waals surface area (Å²) in [6.45, 7) is 2.83. The van der Waals surface area contributed by atoms with Gasteiger partial charge in [0.2, 0.25) is 5.91 Å². The zero-order valence-corrected chi connectivity index (χ0v) is 16.3. The predicted molar refractivity (Wildman–Crippen MR) is 95.0 cm³/mol. The fourth-order valence-corrected chi connectivity index (χ4v) is 5.27. The standard InChI is InChI=1S/C18H23F3N6O3/c19-18(20,21)14-5-22-27(24-14)6-11-3-17(4-11)9-26(10-17)16(29)25-2-1-13-12(7-25)23-15(28)8-30-13/h5,11-13H,1-4,6-10H2,(H,23,28)/t12-,13+/m1/s1. The number of hydrogen-bond acceptors (Lipinski definition) is 5. The van der Waals surface area contributed by atoms with Crippen molar-refractivity contribution in [2.24, 2.45) is 11.3 Å². The fourth-order valence-electron chi connectivity index (χ4n) is 5.27. The molecular weight excluding hydrogens is 405 g/mol. The van der Waals surface area contributed by atoms with Crippen molar-refractivity contribution in [2.75, 3.05) is 32.8 Å². The van der Waals surface area contributed by atoms with Gasteiger partial charge in [0.05, 0.1) is 24.9 Å². The summed E-state index contributed by atoms with van der Waals surface area (Å²) >= 11 is 0. The molecule has 3 aliphatic heterocycles. The summed E-state index contributed by atoms with van der Waals surface area (Å²) in [4.78, 5) is 29.0. The minimum Gasteiger partial charge on any atom is -0.366 e. The van der Waals surface area contributed by atoms with E-state index >= 15 is 0 Å². The number of amides is 3. The van der Waals surface area contributed by atoms with Gasteiger partial charge in [0.25, 0.3) is 0 Å². The van der Waals surface area contributed by atoms with Gasteiger partial charge < -0.3 is 19.9 Å². The van der Waals surface area contributed by atoms with Crippen LogP contribution in [0.2, 0.25) is 0 Å². The summed E-state index contributed by atoms with van der Waals surface area (Å²) in [5.74, 6) is 0.0732. The quantitative estimate of drug-likeness (QED) is 0.750. The van der Waals surface area contributed by atoms with Crippen LogP contribution in [0.3, 0.4) is 0 Å². The Morgan fingerprint density at radius 1 is 1.30 bits per heavy atom. The van der Waals surface area contributed by atoms with E-state index in [4.69, 9.17) is 4.74 Å². The fraction of sp³-hybridized carbons (Fsp3) is 0.778. The highest BCUT2D eigenvalue weighted by atomic mass is 19.4. The summed E-state index contributed by atoms with van der Waals surface area (Å²) in [7, 11) is 0. The molecule has 12 heteroatoms. The molecule has 3 saturated heterocycles. The molecule has 1 N–H and O–H groups in total. The van der Waals surface area contributed by atoms with Gasteiger partial charge >= 0.3 is 12.2 Å². The number of carbonyl (C=O) groups excluding carboxylic acids is 2. The van der Waals surface area contributed by atoms with Crippen LogP contribution in [0.1, 0.15) is 25.0 Å². The third-order valence-corrected chi connectivity index (χ3v) is 6.61. The predicted octanol–water partition coefficient (Wildman–Crippen LogP) is 0.718. The highest BCUT2D eigenvalue weighted by molar-refractivity contribution is 5.79. The summed E-state index contributed by atoms with van der Waals surface area (Å²) in [6, 6.07) is -0.179. The van der Waals surface area contributed by atoms with Crippen molar-refractivity contribution in [3.05, 3.63) is 11.9 Å². The minimum absolute atomic E-state index is 0.0223. The smallest absolute Gasteiger partial charge is 0.366 e. The number of ether oxygens (including phenoxy) is 1. The molecule has 0 bridgehead atoms. The first-order chi connectivity index (χ1) is 14.2. The number of halogens is 3. The van der Waals surface area contributed by atoms with E-state index < -0.39 is 11.9 Å². The third kappa shape index (κ3) is 3.50. The van der Waals surface area contributed by atoms with E-state index in [2.05, 4.69) is 15.5 Å². The van der Waals surface area contributed by atoms with Gasteiger partial charge in [-0.3, -0.25) is 4.79 Å². The van der Waals surface area contributed by atoms with Crippen molar-refractivity contribution in [2.45, 2.75) is 44.1 Å². The maximum absolute atomic E-state index is 12.8. The van der Waals surface area contributed by atoms with Crippen LogP contribution >= 0.6 is 0 Å². The van der Waals surface area contributed by atoms with Crippen molar-refractivity contribution >= 4 is 11.9 Å². The number of piperidine rings is 1. The molecule has 4 aliphatic rings. The van der Waals surface area contributed by atoms with Crippen LogP contribution in [0.5, 0.6) is 0 Å². The maximum Gasteiger partial charge on any atom is 0.436 e. The number of nitrogens with one attached hydrogen (secondary N) is 1. The average molecular weight is 428 g/mol. The number of aromatic nitrogens is 3. The third-order valence-electron chi connectivity index (χ3n) is 6.61. The first-order valence-corrected chi connectivity index (χ1v) is 10.1. The highest BCUT2D eigenvalue weighted by Crippen LogP contribution is 2.52. The Kier molecular flexibility index (Phi) is 4.46. The number of alkyl halides is 3. The SMILES string of the molecule is O=C1CO[C@H]2CCN(C(=O)N3CC4(CC(Cn5ncc(C(F)(F)F)n5)C4)C3)C[C@H]2N1. The van der Waals surface area contributed by atoms with E-state index in [1.165, 1.54) is 0 Å². The van der Waals surface area contributed by atoms with Gasteiger partial charge in [0.15, 0.2) is 5.69 Å². The number of nitrogens with zero attached hydrogens (tertiary/aromatic N) is 5. The average Bonchev–Trinajstić information content (AvgIpc) is 3.10. The molecule has 30 heavy (non-hydrogen) atoms. The van der Waals surface area contributed by atoms with E-state index in [9.17, 15) is 22.8 Å². The number of morpholine rings is 1. The first kappa shape index (κ1) is 19.6. The molecule has 0 unspecified atom stereocenters. The minimum atomic E-state index is -4.48. The molecule has 2 atom stereocenters. The molecule has 1 spiro atoms. The molecule has 9 nitrogen and oxygen atoms in total. The van der Waals surface area contributed by atoms with E-state index in [0.717, 1.165) is 23.8 Å². The molecule has 1 aliphatic carbocycles. The monoisotopic (exact) mass is 428 g/mol. The van der Waals surface area contributed by atoms with Crippen LogP contribution in [-0.2, 0) is 22.3 Å². The lowest BCUT2D eigenvalue weighted by Gasteiger charge is -2.59. The second-order valence-corrected chi connectivity index (χ2v) is 8.95. The Hall–Kier alpha value is -2.37. The van der Waals surface area contributed by atoms with Gasteiger partial charge in [-0.25, -0.2) is 4.79 Å². The molecule has 4 heterocycles. The molecule has 4 fully saturated rings. The number of carbonyl (C=O) groups is 2. The Balaban J connectivity index is 1.08. The maximum atomic E-state index is 12.8. The van der Waals surface area contributed by atoms with Crippen molar-refractivity contribution in [3.63, 3.8) is 0 Å². The van der Waals surface area contributed by atoms with Crippen molar-refractivity contribution in [1.82, 2.24) is 30.1 Å². The van der Waals surface area contributed by atoms with Crippen LogP contribution in [0.15, 0.2) is 6.20 Å². The van der Waals surface area contributed by atoms with Gasteiger partial charge in [-0.2, -0.15) is 23.1 Å². The van der Waals surface area contributed by atoms with Gasteiger partial charge in [-0.15, -0.1) is 5.10 Å². The summed E-state index contributed by atoms with van der Waals surface area (Å²) in [5.41, 5.74) is -0.902. The lowest BCUT2D eigenvalue weighted by Crippen LogP contribution is -2.68. The molecule has 0 radical (unpaired) electrons. The van der Waals surface area contributed by atoms with Crippen molar-refractivity contribution in [3.8, 4) is 0 Å². The molecule has 3 amide bonds. The lowest BCUT2D eigenvalue weighted by atomic mass is 9.58. The van der Waals surface area contributed by atoms with Crippen LogP contribution in [0, 0.1) is 11.3 Å². The topological polar surface area (TPSA) is 92.6 Å². The Labute approximate surface area is 170 Å². The Bertz CT molecular complexity index is 844. The Morgan fingerprint density at radius 3 is 2.77 bits per heavy atom. The number of likely N-dealkylation sites (tertiary alicyclic amines) is 2. The van der Waals surface area contributed by atoms with E-state index in [-0.39, 0.29) is 42.0 Å².